The Morgan fingerprint density at radius 1 is 1.11 bits per heavy atom. The predicted molar refractivity (Wildman–Crippen MR) is 106 cm³/mol. The van der Waals surface area contributed by atoms with Gasteiger partial charge in [-0.2, -0.15) is 0 Å². The zero-order valence-corrected chi connectivity index (χ0v) is 15.2. The molecule has 0 aliphatic carbocycles. The number of hydrogen-bond acceptors (Lipinski definition) is 4. The molecular weight excluding hydrogens is 338 g/mol. The van der Waals surface area contributed by atoms with Gasteiger partial charge in [-0.05, 0) is 54.4 Å². The first-order valence-electron chi connectivity index (χ1n) is 9.24. The Hall–Kier alpha value is -3.21. The molecule has 5 nitrogen and oxygen atoms in total. The van der Waals surface area contributed by atoms with E-state index in [1.165, 1.54) is 0 Å². The first-order chi connectivity index (χ1) is 13.2. The second kappa shape index (κ2) is 7.58. The van der Waals surface area contributed by atoms with Crippen molar-refractivity contribution in [3.05, 3.63) is 71.7 Å². The van der Waals surface area contributed by atoms with Gasteiger partial charge in [-0.15, -0.1) is 0 Å². The minimum atomic E-state index is -0.198. The molecular formula is C22H21N3O2. The van der Waals surface area contributed by atoms with Gasteiger partial charge < -0.3 is 9.73 Å². The highest BCUT2D eigenvalue weighted by molar-refractivity contribution is 5.94. The molecule has 0 fully saturated rings. The van der Waals surface area contributed by atoms with Crippen LogP contribution >= 0.6 is 0 Å². The normalized spacial score (nSPS) is 11.1. The van der Waals surface area contributed by atoms with Crippen molar-refractivity contribution in [3.63, 3.8) is 0 Å². The molecule has 0 unspecified atom stereocenters. The Morgan fingerprint density at radius 2 is 2.04 bits per heavy atom. The topological polar surface area (TPSA) is 68.0 Å². The summed E-state index contributed by atoms with van der Waals surface area (Å²) in [4.78, 5) is 21.0. The van der Waals surface area contributed by atoms with Crippen molar-refractivity contribution in [1.82, 2.24) is 15.3 Å². The van der Waals surface area contributed by atoms with Crippen LogP contribution in [0.5, 0.6) is 0 Å². The number of hydrogen-bond donors (Lipinski definition) is 1. The molecule has 0 radical (unpaired) electrons. The van der Waals surface area contributed by atoms with Crippen molar-refractivity contribution in [2.24, 2.45) is 0 Å². The van der Waals surface area contributed by atoms with Crippen LogP contribution in [0.3, 0.4) is 0 Å². The summed E-state index contributed by atoms with van der Waals surface area (Å²) in [5.74, 6) is 0.818. The molecule has 0 saturated heterocycles. The van der Waals surface area contributed by atoms with Crippen molar-refractivity contribution >= 4 is 27.9 Å². The Bertz CT molecular complexity index is 1100. The SMILES string of the molecule is CCCCc1cc2cc(CNC(=O)c3ccc4ncccc4n3)ccc2o1. The Balaban J connectivity index is 1.46. The van der Waals surface area contributed by atoms with Crippen LogP contribution < -0.4 is 5.32 Å². The number of rotatable bonds is 6. The van der Waals surface area contributed by atoms with E-state index in [0.717, 1.165) is 47.1 Å². The lowest BCUT2D eigenvalue weighted by Gasteiger charge is -2.06. The third-order valence-electron chi connectivity index (χ3n) is 4.55. The number of aromatic nitrogens is 2. The monoisotopic (exact) mass is 359 g/mol. The van der Waals surface area contributed by atoms with E-state index in [9.17, 15) is 4.79 Å². The van der Waals surface area contributed by atoms with E-state index in [1.54, 1.807) is 12.3 Å². The number of unbranched alkanes of at least 4 members (excludes halogenated alkanes) is 1. The molecule has 4 aromatic rings. The summed E-state index contributed by atoms with van der Waals surface area (Å²) in [7, 11) is 0. The average molecular weight is 359 g/mol. The van der Waals surface area contributed by atoms with Crippen molar-refractivity contribution in [3.8, 4) is 0 Å². The van der Waals surface area contributed by atoms with Crippen molar-refractivity contribution in [2.45, 2.75) is 32.7 Å². The van der Waals surface area contributed by atoms with E-state index < -0.39 is 0 Å². The van der Waals surface area contributed by atoms with E-state index in [-0.39, 0.29) is 5.91 Å². The third-order valence-corrected chi connectivity index (χ3v) is 4.55. The lowest BCUT2D eigenvalue weighted by atomic mass is 10.1. The van der Waals surface area contributed by atoms with Gasteiger partial charge in [0.25, 0.3) is 5.91 Å². The molecule has 5 heteroatoms. The van der Waals surface area contributed by atoms with Crippen LogP contribution in [0.15, 0.2) is 59.1 Å². The smallest absolute Gasteiger partial charge is 0.270 e. The van der Waals surface area contributed by atoms with E-state index in [0.29, 0.717) is 17.8 Å². The van der Waals surface area contributed by atoms with E-state index in [2.05, 4.69) is 34.3 Å². The number of amides is 1. The van der Waals surface area contributed by atoms with Crippen LogP contribution in [0.2, 0.25) is 0 Å². The molecule has 0 aliphatic heterocycles. The van der Waals surface area contributed by atoms with Gasteiger partial charge in [0.2, 0.25) is 0 Å². The number of benzene rings is 1. The molecule has 4 rings (SSSR count). The lowest BCUT2D eigenvalue weighted by molar-refractivity contribution is 0.0946. The van der Waals surface area contributed by atoms with Gasteiger partial charge in [-0.3, -0.25) is 9.78 Å². The van der Waals surface area contributed by atoms with Gasteiger partial charge in [-0.1, -0.05) is 19.4 Å². The summed E-state index contributed by atoms with van der Waals surface area (Å²) < 4.78 is 5.86. The molecule has 3 aromatic heterocycles. The van der Waals surface area contributed by atoms with Gasteiger partial charge in [0.05, 0.1) is 11.0 Å². The lowest BCUT2D eigenvalue weighted by Crippen LogP contribution is -2.23. The fraction of sp³-hybridized carbons (Fsp3) is 0.227. The van der Waals surface area contributed by atoms with Gasteiger partial charge in [0.15, 0.2) is 0 Å². The van der Waals surface area contributed by atoms with Crippen LogP contribution in [0.4, 0.5) is 0 Å². The van der Waals surface area contributed by atoms with Crippen LogP contribution in [-0.2, 0) is 13.0 Å². The number of pyridine rings is 2. The highest BCUT2D eigenvalue weighted by Crippen LogP contribution is 2.22. The minimum absolute atomic E-state index is 0.198. The summed E-state index contributed by atoms with van der Waals surface area (Å²) in [6.07, 6.45) is 4.94. The Morgan fingerprint density at radius 3 is 2.93 bits per heavy atom. The maximum atomic E-state index is 12.4. The van der Waals surface area contributed by atoms with Crippen molar-refractivity contribution in [2.75, 3.05) is 0 Å². The fourth-order valence-corrected chi connectivity index (χ4v) is 3.09. The van der Waals surface area contributed by atoms with Crippen LogP contribution in [0.1, 0.15) is 41.6 Å². The van der Waals surface area contributed by atoms with Gasteiger partial charge in [0, 0.05) is 24.5 Å². The summed E-state index contributed by atoms with van der Waals surface area (Å²) in [5.41, 5.74) is 3.80. The largest absolute Gasteiger partial charge is 0.461 e. The van der Waals surface area contributed by atoms with Crippen LogP contribution in [0, 0.1) is 0 Å². The van der Waals surface area contributed by atoms with Crippen molar-refractivity contribution in [1.29, 1.82) is 0 Å². The molecule has 1 amide bonds. The molecule has 27 heavy (non-hydrogen) atoms. The average Bonchev–Trinajstić information content (AvgIpc) is 3.12. The first-order valence-corrected chi connectivity index (χ1v) is 9.24. The zero-order valence-electron chi connectivity index (χ0n) is 15.2. The molecule has 0 aliphatic rings. The number of aryl methyl sites for hydroxylation is 1. The van der Waals surface area contributed by atoms with E-state index in [4.69, 9.17) is 4.42 Å². The van der Waals surface area contributed by atoms with Gasteiger partial charge >= 0.3 is 0 Å². The van der Waals surface area contributed by atoms with Crippen LogP contribution in [0.25, 0.3) is 22.0 Å². The molecule has 1 aromatic carbocycles. The highest BCUT2D eigenvalue weighted by atomic mass is 16.3. The summed E-state index contributed by atoms with van der Waals surface area (Å²) >= 11 is 0. The number of furan rings is 1. The third kappa shape index (κ3) is 3.82. The second-order valence-corrected chi connectivity index (χ2v) is 6.61. The predicted octanol–water partition coefficient (Wildman–Crippen LogP) is 4.65. The molecule has 0 spiro atoms. The molecule has 3 heterocycles. The van der Waals surface area contributed by atoms with Crippen LogP contribution in [-0.4, -0.2) is 15.9 Å². The number of fused-ring (bicyclic) bond motifs is 2. The highest BCUT2D eigenvalue weighted by Gasteiger charge is 2.09. The van der Waals surface area contributed by atoms with E-state index >= 15 is 0 Å². The summed E-state index contributed by atoms with van der Waals surface area (Å²) in [6.45, 7) is 2.61. The maximum Gasteiger partial charge on any atom is 0.270 e. The minimum Gasteiger partial charge on any atom is -0.461 e. The molecule has 0 atom stereocenters. The fourth-order valence-electron chi connectivity index (χ4n) is 3.09. The standard InChI is InChI=1S/C22H21N3O2/c1-2-3-5-17-13-16-12-15(7-10-21(16)27-17)14-24-22(26)20-9-8-18-19(25-20)6-4-11-23-18/h4,6-13H,2-3,5,14H2,1H3,(H,24,26). The number of nitrogens with zero attached hydrogens (tertiary/aromatic N) is 2. The maximum absolute atomic E-state index is 12.4. The number of carbonyl (C=O) groups excluding carboxylic acids is 1. The molecule has 0 bridgehead atoms. The Kier molecular flexibility index (Phi) is 4.83. The quantitative estimate of drug-likeness (QED) is 0.544. The van der Waals surface area contributed by atoms with Crippen molar-refractivity contribution < 1.29 is 9.21 Å². The number of carbonyl (C=O) groups is 1. The summed E-state index contributed by atoms with van der Waals surface area (Å²) in [5, 5.41) is 4.01. The number of nitrogens with one attached hydrogen (secondary N) is 1. The summed E-state index contributed by atoms with van der Waals surface area (Å²) in [6, 6.07) is 15.3. The Labute approximate surface area is 157 Å². The van der Waals surface area contributed by atoms with Gasteiger partial charge in [-0.25, -0.2) is 4.98 Å². The van der Waals surface area contributed by atoms with E-state index in [1.807, 2.05) is 30.3 Å². The molecule has 0 saturated carbocycles. The zero-order chi connectivity index (χ0) is 18.6. The molecule has 1 N–H and O–H groups in total. The second-order valence-electron chi connectivity index (χ2n) is 6.61. The first kappa shape index (κ1) is 17.2. The van der Waals surface area contributed by atoms with Gasteiger partial charge in [0.1, 0.15) is 17.0 Å². The molecule has 136 valence electrons.